The normalized spacial score (nSPS) is 11.4. The van der Waals surface area contributed by atoms with E-state index in [4.69, 9.17) is 16.3 Å². The summed E-state index contributed by atoms with van der Waals surface area (Å²) in [5.74, 6) is -3.84. The summed E-state index contributed by atoms with van der Waals surface area (Å²) in [5, 5.41) is -0.0813. The van der Waals surface area contributed by atoms with Crippen LogP contribution in [0.2, 0.25) is 5.02 Å². The SMILES string of the molecule is Fc1cc(OCC(F)(F)c2ccccc2)ccc1Cl. The fourth-order valence-corrected chi connectivity index (χ4v) is 1.62. The Labute approximate surface area is 113 Å². The molecule has 0 atom stereocenters. The van der Waals surface area contributed by atoms with Crippen molar-refractivity contribution in [2.75, 3.05) is 6.61 Å². The second-order valence-electron chi connectivity index (χ2n) is 3.94. The van der Waals surface area contributed by atoms with Gasteiger partial charge in [0.05, 0.1) is 5.02 Å². The van der Waals surface area contributed by atoms with Gasteiger partial charge in [-0.25, -0.2) is 4.39 Å². The molecule has 0 aliphatic heterocycles. The lowest BCUT2D eigenvalue weighted by molar-refractivity contribution is -0.0467. The molecule has 2 aromatic carbocycles. The van der Waals surface area contributed by atoms with Gasteiger partial charge in [0, 0.05) is 11.6 Å². The van der Waals surface area contributed by atoms with E-state index in [1.165, 1.54) is 36.4 Å². The molecule has 0 aliphatic rings. The number of halogens is 4. The average molecular weight is 287 g/mol. The molecular formula is C14H10ClF3O. The summed E-state index contributed by atoms with van der Waals surface area (Å²) in [6, 6.07) is 10.9. The van der Waals surface area contributed by atoms with Crippen LogP contribution in [0.25, 0.3) is 0 Å². The van der Waals surface area contributed by atoms with E-state index in [9.17, 15) is 13.2 Å². The van der Waals surface area contributed by atoms with Crippen LogP contribution < -0.4 is 4.74 Å². The van der Waals surface area contributed by atoms with Crippen LogP contribution in [0.4, 0.5) is 13.2 Å². The summed E-state index contributed by atoms with van der Waals surface area (Å²) in [6.45, 7) is -0.863. The van der Waals surface area contributed by atoms with Crippen LogP contribution in [-0.4, -0.2) is 6.61 Å². The second kappa shape index (κ2) is 5.53. The first-order valence-corrected chi connectivity index (χ1v) is 5.88. The van der Waals surface area contributed by atoms with E-state index in [0.29, 0.717) is 0 Å². The molecule has 0 heterocycles. The third kappa shape index (κ3) is 3.41. The van der Waals surface area contributed by atoms with Crippen LogP contribution in [0.5, 0.6) is 5.75 Å². The molecule has 0 saturated heterocycles. The number of hydrogen-bond acceptors (Lipinski definition) is 1. The maximum atomic E-state index is 13.8. The standard InChI is InChI=1S/C14H10ClF3O/c15-12-7-6-11(8-13(12)16)19-9-14(17,18)10-4-2-1-3-5-10/h1-8H,9H2. The summed E-state index contributed by atoms with van der Waals surface area (Å²) in [7, 11) is 0. The van der Waals surface area contributed by atoms with Crippen molar-refractivity contribution < 1.29 is 17.9 Å². The van der Waals surface area contributed by atoms with E-state index in [2.05, 4.69) is 0 Å². The zero-order valence-corrected chi connectivity index (χ0v) is 10.5. The summed E-state index contributed by atoms with van der Waals surface area (Å²) < 4.78 is 45.6. The molecule has 0 unspecified atom stereocenters. The lowest BCUT2D eigenvalue weighted by Gasteiger charge is -2.17. The van der Waals surface area contributed by atoms with Crippen molar-refractivity contribution >= 4 is 11.6 Å². The van der Waals surface area contributed by atoms with Crippen LogP contribution in [0.3, 0.4) is 0 Å². The van der Waals surface area contributed by atoms with Crippen molar-refractivity contribution in [1.82, 2.24) is 0 Å². The Hall–Kier alpha value is -1.68. The first kappa shape index (κ1) is 13.7. The highest BCUT2D eigenvalue weighted by molar-refractivity contribution is 6.30. The average Bonchev–Trinajstić information content (AvgIpc) is 2.41. The van der Waals surface area contributed by atoms with Crippen LogP contribution in [-0.2, 0) is 5.92 Å². The highest BCUT2D eigenvalue weighted by Crippen LogP contribution is 2.29. The molecule has 0 spiro atoms. The number of rotatable bonds is 4. The van der Waals surface area contributed by atoms with Gasteiger partial charge >= 0.3 is 5.92 Å². The Morgan fingerprint density at radius 3 is 2.37 bits per heavy atom. The molecule has 1 nitrogen and oxygen atoms in total. The molecule has 19 heavy (non-hydrogen) atoms. The zero-order valence-electron chi connectivity index (χ0n) is 9.75. The van der Waals surface area contributed by atoms with Gasteiger partial charge in [-0.05, 0) is 12.1 Å². The Morgan fingerprint density at radius 2 is 1.74 bits per heavy atom. The van der Waals surface area contributed by atoms with Crippen molar-refractivity contribution in [2.24, 2.45) is 0 Å². The number of ether oxygens (including phenoxy) is 1. The largest absolute Gasteiger partial charge is 0.487 e. The monoisotopic (exact) mass is 286 g/mol. The van der Waals surface area contributed by atoms with E-state index >= 15 is 0 Å². The Balaban J connectivity index is 2.07. The lowest BCUT2D eigenvalue weighted by Crippen LogP contribution is -2.23. The molecule has 0 aromatic heterocycles. The van der Waals surface area contributed by atoms with Crippen molar-refractivity contribution in [3.63, 3.8) is 0 Å². The minimum Gasteiger partial charge on any atom is -0.487 e. The van der Waals surface area contributed by atoms with Gasteiger partial charge in [0.2, 0.25) is 0 Å². The van der Waals surface area contributed by atoms with E-state index in [1.54, 1.807) is 6.07 Å². The first-order valence-electron chi connectivity index (χ1n) is 5.50. The van der Waals surface area contributed by atoms with Crippen LogP contribution >= 0.6 is 11.6 Å². The Morgan fingerprint density at radius 1 is 1.05 bits per heavy atom. The summed E-state index contributed by atoms with van der Waals surface area (Å²) in [6.07, 6.45) is 0. The van der Waals surface area contributed by atoms with Gasteiger partial charge in [-0.3, -0.25) is 0 Å². The molecule has 2 rings (SSSR count). The smallest absolute Gasteiger partial charge is 0.306 e. The first-order chi connectivity index (χ1) is 8.99. The van der Waals surface area contributed by atoms with Gasteiger partial charge < -0.3 is 4.74 Å². The van der Waals surface area contributed by atoms with Crippen molar-refractivity contribution in [3.8, 4) is 5.75 Å². The molecule has 0 bridgehead atoms. The molecule has 100 valence electrons. The van der Waals surface area contributed by atoms with Gasteiger partial charge in [0.15, 0.2) is 6.61 Å². The summed E-state index contributed by atoms with van der Waals surface area (Å²) >= 11 is 5.49. The van der Waals surface area contributed by atoms with E-state index in [-0.39, 0.29) is 16.3 Å². The Kier molecular flexibility index (Phi) is 4.00. The van der Waals surface area contributed by atoms with E-state index in [1.807, 2.05) is 0 Å². The van der Waals surface area contributed by atoms with Gasteiger partial charge in [-0.15, -0.1) is 0 Å². The van der Waals surface area contributed by atoms with E-state index < -0.39 is 18.3 Å². The van der Waals surface area contributed by atoms with Crippen molar-refractivity contribution in [3.05, 3.63) is 64.9 Å². The van der Waals surface area contributed by atoms with Crippen LogP contribution in [0.15, 0.2) is 48.5 Å². The maximum absolute atomic E-state index is 13.8. The van der Waals surface area contributed by atoms with Gasteiger partial charge in [-0.2, -0.15) is 8.78 Å². The molecule has 0 amide bonds. The van der Waals surface area contributed by atoms with Crippen LogP contribution in [0.1, 0.15) is 5.56 Å². The molecule has 5 heteroatoms. The molecule has 0 N–H and O–H groups in total. The molecule has 0 radical (unpaired) electrons. The zero-order chi connectivity index (χ0) is 13.9. The highest BCUT2D eigenvalue weighted by Gasteiger charge is 2.32. The lowest BCUT2D eigenvalue weighted by atomic mass is 10.1. The molecule has 0 fully saturated rings. The number of hydrogen-bond donors (Lipinski definition) is 0. The molecule has 2 aromatic rings. The molecule has 0 aliphatic carbocycles. The van der Waals surface area contributed by atoms with E-state index in [0.717, 1.165) is 6.07 Å². The van der Waals surface area contributed by atoms with Gasteiger partial charge in [-0.1, -0.05) is 41.9 Å². The second-order valence-corrected chi connectivity index (χ2v) is 4.34. The fraction of sp³-hybridized carbons (Fsp3) is 0.143. The van der Waals surface area contributed by atoms with Gasteiger partial charge in [0.25, 0.3) is 0 Å². The third-order valence-corrected chi connectivity index (χ3v) is 2.81. The quantitative estimate of drug-likeness (QED) is 0.795. The summed E-state index contributed by atoms with van der Waals surface area (Å²) in [5.41, 5.74) is -0.149. The molecule has 0 saturated carbocycles. The maximum Gasteiger partial charge on any atom is 0.306 e. The number of benzene rings is 2. The minimum absolute atomic E-state index is 0.0116. The van der Waals surface area contributed by atoms with Crippen LogP contribution in [0, 0.1) is 5.82 Å². The number of alkyl halides is 2. The fourth-order valence-electron chi connectivity index (χ4n) is 1.51. The third-order valence-electron chi connectivity index (χ3n) is 2.51. The molecular weight excluding hydrogens is 277 g/mol. The Bertz CT molecular complexity index is 558. The van der Waals surface area contributed by atoms with Crippen molar-refractivity contribution in [1.29, 1.82) is 0 Å². The topological polar surface area (TPSA) is 9.23 Å². The predicted octanol–water partition coefficient (Wildman–Crippen LogP) is 4.65. The summed E-state index contributed by atoms with van der Waals surface area (Å²) in [4.78, 5) is 0. The highest BCUT2D eigenvalue weighted by atomic mass is 35.5. The minimum atomic E-state index is -3.14. The predicted molar refractivity (Wildman–Crippen MR) is 67.2 cm³/mol. The van der Waals surface area contributed by atoms with Gasteiger partial charge in [0.1, 0.15) is 11.6 Å². The van der Waals surface area contributed by atoms with Crippen molar-refractivity contribution in [2.45, 2.75) is 5.92 Å².